The van der Waals surface area contributed by atoms with E-state index in [0.717, 1.165) is 59.7 Å². The summed E-state index contributed by atoms with van der Waals surface area (Å²) in [6.45, 7) is 4.02. The van der Waals surface area contributed by atoms with Crippen molar-refractivity contribution in [3.8, 4) is 17.5 Å². The average Bonchev–Trinajstić information content (AvgIpc) is 3.33. The van der Waals surface area contributed by atoms with Crippen LogP contribution in [0.4, 0.5) is 0 Å². The lowest BCUT2D eigenvalue weighted by Crippen LogP contribution is -2.48. The first kappa shape index (κ1) is 22.7. The Balaban J connectivity index is 1.25. The van der Waals surface area contributed by atoms with Gasteiger partial charge < -0.3 is 9.88 Å². The fourth-order valence-electron chi connectivity index (χ4n) is 4.46. The average molecular weight is 466 g/mol. The summed E-state index contributed by atoms with van der Waals surface area (Å²) < 4.78 is 0. The number of unbranched alkanes of at least 4 members (excludes halogenated alkanes) is 1. The van der Waals surface area contributed by atoms with Gasteiger partial charge in [0.25, 0.3) is 5.91 Å². The first-order chi connectivity index (χ1) is 17.2. The van der Waals surface area contributed by atoms with Gasteiger partial charge in [-0.15, -0.1) is 0 Å². The minimum atomic E-state index is 0.0332. The van der Waals surface area contributed by atoms with E-state index in [1.807, 2.05) is 47.4 Å². The fraction of sp³-hybridized carbons (Fsp3) is 0.296. The zero-order valence-corrected chi connectivity index (χ0v) is 19.5. The van der Waals surface area contributed by atoms with Crippen LogP contribution in [0.5, 0.6) is 0 Å². The Bertz CT molecular complexity index is 1350. The van der Waals surface area contributed by atoms with E-state index >= 15 is 0 Å². The molecule has 3 aromatic heterocycles. The minimum absolute atomic E-state index is 0.0332. The molecule has 4 heterocycles. The van der Waals surface area contributed by atoms with Crippen molar-refractivity contribution >= 4 is 16.8 Å². The predicted molar refractivity (Wildman–Crippen MR) is 134 cm³/mol. The number of carbonyl (C=O) groups excluding carboxylic acids is 1. The van der Waals surface area contributed by atoms with Crippen LogP contribution in [-0.4, -0.2) is 68.4 Å². The van der Waals surface area contributed by atoms with E-state index in [9.17, 15) is 4.79 Å². The standard InChI is InChI=1S/C27H27N7O/c28-9-2-4-12-33-13-15-34(16-14-33)27(35)25-19-21-17-20(6-7-22(21)31-25)18-26-30-11-8-24(32-26)23-5-1-3-10-29-23/h1,3,5-8,10-11,17,19,31H,2,4,12-16,18H2. The molecule has 1 amide bonds. The van der Waals surface area contributed by atoms with Crippen molar-refractivity contribution in [3.63, 3.8) is 0 Å². The lowest BCUT2D eigenvalue weighted by molar-refractivity contribution is 0.0631. The largest absolute Gasteiger partial charge is 0.351 e. The van der Waals surface area contributed by atoms with Gasteiger partial charge in [0.2, 0.25) is 0 Å². The highest BCUT2D eigenvalue weighted by molar-refractivity contribution is 5.98. The van der Waals surface area contributed by atoms with E-state index in [-0.39, 0.29) is 5.91 Å². The molecular weight excluding hydrogens is 438 g/mol. The number of nitriles is 1. The number of piperazine rings is 1. The number of nitrogens with zero attached hydrogens (tertiary/aromatic N) is 6. The predicted octanol–water partition coefficient (Wildman–Crippen LogP) is 3.67. The Morgan fingerprint density at radius 3 is 2.69 bits per heavy atom. The van der Waals surface area contributed by atoms with Crippen LogP contribution in [0.15, 0.2) is 60.9 Å². The van der Waals surface area contributed by atoms with Crippen molar-refractivity contribution in [3.05, 3.63) is 78.0 Å². The molecule has 0 saturated carbocycles. The van der Waals surface area contributed by atoms with Crippen molar-refractivity contribution in [2.75, 3.05) is 32.7 Å². The van der Waals surface area contributed by atoms with Crippen molar-refractivity contribution in [2.45, 2.75) is 19.3 Å². The van der Waals surface area contributed by atoms with Gasteiger partial charge in [-0.05, 0) is 54.9 Å². The monoisotopic (exact) mass is 465 g/mol. The van der Waals surface area contributed by atoms with Crippen LogP contribution in [0.1, 0.15) is 34.7 Å². The molecule has 35 heavy (non-hydrogen) atoms. The van der Waals surface area contributed by atoms with Crippen LogP contribution < -0.4 is 0 Å². The molecule has 1 aromatic carbocycles. The molecule has 1 aliphatic heterocycles. The fourth-order valence-corrected chi connectivity index (χ4v) is 4.46. The summed E-state index contributed by atoms with van der Waals surface area (Å²) >= 11 is 0. The van der Waals surface area contributed by atoms with Gasteiger partial charge in [-0.25, -0.2) is 9.97 Å². The zero-order valence-electron chi connectivity index (χ0n) is 19.5. The van der Waals surface area contributed by atoms with E-state index in [2.05, 4.69) is 37.0 Å². The Kier molecular flexibility index (Phi) is 6.77. The van der Waals surface area contributed by atoms with E-state index in [1.54, 1.807) is 12.4 Å². The number of rotatable bonds is 7. The quantitative estimate of drug-likeness (QED) is 0.418. The number of fused-ring (bicyclic) bond motifs is 1. The molecule has 1 N–H and O–H groups in total. The molecule has 4 aromatic rings. The number of nitrogens with one attached hydrogen (secondary N) is 1. The summed E-state index contributed by atoms with van der Waals surface area (Å²) in [5.41, 5.74) is 4.26. The SMILES string of the molecule is N#CCCCN1CCN(C(=O)c2cc3cc(Cc4nccc(-c5ccccn5)n4)ccc3[nH]2)CC1. The van der Waals surface area contributed by atoms with Crippen LogP contribution in [-0.2, 0) is 6.42 Å². The molecule has 1 aliphatic rings. The van der Waals surface area contributed by atoms with Gasteiger partial charge in [0.15, 0.2) is 0 Å². The highest BCUT2D eigenvalue weighted by Gasteiger charge is 2.23. The second kappa shape index (κ2) is 10.5. The van der Waals surface area contributed by atoms with Gasteiger partial charge in [-0.2, -0.15) is 5.26 Å². The number of amides is 1. The molecule has 8 nitrogen and oxygen atoms in total. The summed E-state index contributed by atoms with van der Waals surface area (Å²) in [5.74, 6) is 0.762. The summed E-state index contributed by atoms with van der Waals surface area (Å²) in [6.07, 6.45) is 5.58. The molecular formula is C27H27N7O. The number of aromatic nitrogens is 4. The summed E-state index contributed by atoms with van der Waals surface area (Å²) in [4.78, 5) is 34.1. The first-order valence-electron chi connectivity index (χ1n) is 11.9. The van der Waals surface area contributed by atoms with Crippen LogP contribution >= 0.6 is 0 Å². The zero-order chi connectivity index (χ0) is 24.0. The van der Waals surface area contributed by atoms with Crippen LogP contribution in [0, 0.1) is 11.3 Å². The van der Waals surface area contributed by atoms with E-state index < -0.39 is 0 Å². The molecule has 0 bridgehead atoms. The Morgan fingerprint density at radius 1 is 1.00 bits per heavy atom. The van der Waals surface area contributed by atoms with E-state index in [1.165, 1.54) is 0 Å². The summed E-state index contributed by atoms with van der Waals surface area (Å²) in [5, 5.41) is 9.71. The van der Waals surface area contributed by atoms with Crippen molar-refractivity contribution in [1.82, 2.24) is 29.7 Å². The normalized spacial score (nSPS) is 14.2. The van der Waals surface area contributed by atoms with Gasteiger partial charge in [0.1, 0.15) is 11.5 Å². The lowest BCUT2D eigenvalue weighted by atomic mass is 10.1. The molecule has 0 aliphatic carbocycles. The summed E-state index contributed by atoms with van der Waals surface area (Å²) in [6, 6.07) is 17.9. The molecule has 0 unspecified atom stereocenters. The Labute approximate surface area is 204 Å². The van der Waals surface area contributed by atoms with Crippen molar-refractivity contribution in [2.24, 2.45) is 0 Å². The Hall–Kier alpha value is -4.09. The second-order valence-corrected chi connectivity index (χ2v) is 8.75. The third-order valence-corrected chi connectivity index (χ3v) is 6.33. The molecule has 176 valence electrons. The van der Waals surface area contributed by atoms with E-state index in [0.29, 0.717) is 31.6 Å². The number of H-pyrrole nitrogens is 1. The van der Waals surface area contributed by atoms with Gasteiger partial charge in [0, 0.05) is 62.3 Å². The van der Waals surface area contributed by atoms with Gasteiger partial charge in [0.05, 0.1) is 17.5 Å². The number of benzene rings is 1. The lowest BCUT2D eigenvalue weighted by Gasteiger charge is -2.34. The number of hydrogen-bond donors (Lipinski definition) is 1. The van der Waals surface area contributed by atoms with Gasteiger partial charge in [-0.1, -0.05) is 12.1 Å². The second-order valence-electron chi connectivity index (χ2n) is 8.75. The number of hydrogen-bond acceptors (Lipinski definition) is 6. The van der Waals surface area contributed by atoms with Crippen LogP contribution in [0.25, 0.3) is 22.3 Å². The molecule has 5 rings (SSSR count). The maximum Gasteiger partial charge on any atom is 0.270 e. The maximum atomic E-state index is 13.1. The van der Waals surface area contributed by atoms with Crippen LogP contribution in [0.3, 0.4) is 0 Å². The van der Waals surface area contributed by atoms with Crippen molar-refractivity contribution in [1.29, 1.82) is 5.26 Å². The molecule has 0 radical (unpaired) electrons. The third-order valence-electron chi connectivity index (χ3n) is 6.33. The van der Waals surface area contributed by atoms with Gasteiger partial charge >= 0.3 is 0 Å². The van der Waals surface area contributed by atoms with E-state index in [4.69, 9.17) is 5.26 Å². The highest BCUT2D eigenvalue weighted by Crippen LogP contribution is 2.21. The Morgan fingerprint density at radius 2 is 1.89 bits per heavy atom. The molecule has 1 fully saturated rings. The van der Waals surface area contributed by atoms with Crippen LogP contribution in [0.2, 0.25) is 0 Å². The number of aromatic amines is 1. The molecule has 8 heteroatoms. The molecule has 0 atom stereocenters. The smallest absolute Gasteiger partial charge is 0.270 e. The molecule has 0 spiro atoms. The number of pyridine rings is 1. The molecule has 1 saturated heterocycles. The number of carbonyl (C=O) groups is 1. The summed E-state index contributed by atoms with van der Waals surface area (Å²) in [7, 11) is 0. The highest BCUT2D eigenvalue weighted by atomic mass is 16.2. The first-order valence-corrected chi connectivity index (χ1v) is 11.9. The van der Waals surface area contributed by atoms with Gasteiger partial charge in [-0.3, -0.25) is 14.7 Å². The minimum Gasteiger partial charge on any atom is -0.351 e. The van der Waals surface area contributed by atoms with Crippen molar-refractivity contribution < 1.29 is 4.79 Å². The topological polar surface area (TPSA) is 102 Å². The maximum absolute atomic E-state index is 13.1. The third kappa shape index (κ3) is 5.36.